The Labute approximate surface area is 162 Å². The molecule has 0 aromatic carbocycles. The molecule has 1 atom stereocenters. The summed E-state index contributed by atoms with van der Waals surface area (Å²) in [5, 5.41) is 4.54. The number of urea groups is 1. The maximum Gasteiger partial charge on any atom is 0.421 e. The van der Waals surface area contributed by atoms with E-state index in [2.05, 4.69) is 16.7 Å². The van der Waals surface area contributed by atoms with Gasteiger partial charge in [0.25, 0.3) is 5.91 Å². The second-order valence-electron chi connectivity index (χ2n) is 7.20. The van der Waals surface area contributed by atoms with Crippen LogP contribution in [0.15, 0.2) is 17.1 Å². The lowest BCUT2D eigenvalue weighted by atomic mass is 10.1. The highest BCUT2D eigenvalue weighted by Gasteiger charge is 2.53. The smallest absolute Gasteiger partial charge is 0.368 e. The highest BCUT2D eigenvalue weighted by Crippen LogP contribution is 2.22. The van der Waals surface area contributed by atoms with Crippen molar-refractivity contribution in [3.8, 4) is 0 Å². The fraction of sp³-hybridized carbons (Fsp3) is 0.444. The standard InChI is InChI=1S/C18H23N7O3/c1-9(2)7-23-14-15(20-17(23)25-12(5)10(3)11(4)21-25)22(6)18(28)24(16(14)27)8-13(19)26/h14H,1,7-8H2,2-6H3,(H-,19,26)/p+1. The molecule has 3 heterocycles. The van der Waals surface area contributed by atoms with Gasteiger partial charge in [-0.3, -0.25) is 19.4 Å². The molecule has 2 N–H and O–H groups in total. The van der Waals surface area contributed by atoms with Gasteiger partial charge in [0.15, 0.2) is 0 Å². The summed E-state index contributed by atoms with van der Waals surface area (Å²) in [6.45, 7) is 11.4. The predicted octanol–water partition coefficient (Wildman–Crippen LogP) is -0.239. The van der Waals surface area contributed by atoms with Gasteiger partial charge in [0.2, 0.25) is 17.8 Å². The van der Waals surface area contributed by atoms with Crippen molar-refractivity contribution < 1.29 is 19.0 Å². The van der Waals surface area contributed by atoms with E-state index in [-0.39, 0.29) is 5.84 Å². The lowest BCUT2D eigenvalue weighted by Gasteiger charge is -2.33. The molecule has 1 unspecified atom stereocenters. The van der Waals surface area contributed by atoms with Crippen molar-refractivity contribution in [2.45, 2.75) is 33.7 Å². The summed E-state index contributed by atoms with van der Waals surface area (Å²) in [5.41, 5.74) is 8.78. The van der Waals surface area contributed by atoms with Crippen LogP contribution in [0.4, 0.5) is 4.79 Å². The summed E-state index contributed by atoms with van der Waals surface area (Å²) in [7, 11) is 1.52. The molecule has 28 heavy (non-hydrogen) atoms. The first kappa shape index (κ1) is 19.5. The van der Waals surface area contributed by atoms with Crippen LogP contribution >= 0.6 is 0 Å². The maximum absolute atomic E-state index is 13.1. The fourth-order valence-electron chi connectivity index (χ4n) is 3.34. The van der Waals surface area contributed by atoms with Crippen molar-refractivity contribution in [2.24, 2.45) is 10.7 Å². The molecule has 0 spiro atoms. The van der Waals surface area contributed by atoms with Crippen LogP contribution in [0.25, 0.3) is 0 Å². The zero-order valence-electron chi connectivity index (χ0n) is 16.7. The Kier molecular flexibility index (Phi) is 4.66. The van der Waals surface area contributed by atoms with Gasteiger partial charge in [-0.2, -0.15) is 0 Å². The number of fused-ring (bicyclic) bond motifs is 1. The van der Waals surface area contributed by atoms with Crippen molar-refractivity contribution in [1.82, 2.24) is 19.6 Å². The molecule has 10 nitrogen and oxygen atoms in total. The Bertz CT molecular complexity index is 986. The molecule has 1 aromatic rings. The van der Waals surface area contributed by atoms with Crippen LogP contribution in [-0.2, 0) is 9.59 Å². The first-order valence-corrected chi connectivity index (χ1v) is 8.81. The van der Waals surface area contributed by atoms with Gasteiger partial charge in [-0.05, 0) is 33.3 Å². The van der Waals surface area contributed by atoms with Gasteiger partial charge in [0.05, 0.1) is 12.2 Å². The number of primary amides is 1. The topological polar surface area (TPSA) is 117 Å². The number of amides is 4. The summed E-state index contributed by atoms with van der Waals surface area (Å²) in [4.78, 5) is 43.8. The van der Waals surface area contributed by atoms with Crippen LogP contribution in [0.5, 0.6) is 0 Å². The zero-order valence-corrected chi connectivity index (χ0v) is 16.7. The molecule has 2 aliphatic heterocycles. The van der Waals surface area contributed by atoms with Crippen LogP contribution in [0, 0.1) is 20.8 Å². The summed E-state index contributed by atoms with van der Waals surface area (Å²) in [6.07, 6.45) is 0. The lowest BCUT2D eigenvalue weighted by molar-refractivity contribution is -0.529. The number of imide groups is 1. The minimum atomic E-state index is -0.863. The van der Waals surface area contributed by atoms with Gasteiger partial charge < -0.3 is 5.73 Å². The van der Waals surface area contributed by atoms with E-state index in [0.717, 1.165) is 27.4 Å². The van der Waals surface area contributed by atoms with Crippen LogP contribution in [0.2, 0.25) is 0 Å². The van der Waals surface area contributed by atoms with Crippen molar-refractivity contribution in [3.05, 3.63) is 29.1 Å². The van der Waals surface area contributed by atoms with Gasteiger partial charge in [-0.25, -0.2) is 9.37 Å². The summed E-state index contributed by atoms with van der Waals surface area (Å²) in [6, 6.07) is -1.50. The highest BCUT2D eigenvalue weighted by molar-refractivity contribution is 6.23. The van der Waals surface area contributed by atoms with Gasteiger partial charge in [-0.1, -0.05) is 11.6 Å². The Morgan fingerprint density at radius 3 is 2.43 bits per heavy atom. The van der Waals surface area contributed by atoms with Crippen LogP contribution in [0.3, 0.4) is 0 Å². The Morgan fingerprint density at radius 1 is 1.29 bits per heavy atom. The van der Waals surface area contributed by atoms with E-state index in [1.807, 2.05) is 27.7 Å². The highest BCUT2D eigenvalue weighted by atomic mass is 16.2. The Hall–Kier alpha value is -3.30. The maximum atomic E-state index is 13.1. The normalized spacial score (nSPS) is 19.3. The number of rotatable bonds is 4. The van der Waals surface area contributed by atoms with Gasteiger partial charge in [0, 0.05) is 12.6 Å². The van der Waals surface area contributed by atoms with E-state index in [1.165, 1.54) is 11.9 Å². The van der Waals surface area contributed by atoms with Crippen molar-refractivity contribution in [3.63, 3.8) is 0 Å². The second-order valence-corrected chi connectivity index (χ2v) is 7.20. The number of aromatic nitrogens is 2. The average molecular weight is 386 g/mol. The van der Waals surface area contributed by atoms with Gasteiger partial charge in [-0.15, -0.1) is 9.78 Å². The molecule has 3 rings (SSSR count). The third-order valence-electron chi connectivity index (χ3n) is 4.99. The average Bonchev–Trinajstić information content (AvgIpc) is 3.09. The minimum absolute atomic E-state index is 0.289. The summed E-state index contributed by atoms with van der Waals surface area (Å²) >= 11 is 0. The second kappa shape index (κ2) is 6.70. The largest absolute Gasteiger partial charge is 0.421 e. The number of likely N-dealkylation sites (N-methyl/N-ethyl adjacent to an activating group) is 1. The number of aliphatic imine (C=N–C) groups is 1. The number of aryl methyl sites for hydroxylation is 1. The molecule has 0 saturated carbocycles. The quantitative estimate of drug-likeness (QED) is 0.568. The van der Waals surface area contributed by atoms with Crippen LogP contribution in [0.1, 0.15) is 23.9 Å². The Morgan fingerprint density at radius 2 is 1.93 bits per heavy atom. The number of carbonyl (C=O) groups excluding carboxylic acids is 3. The SMILES string of the molecule is C=C(C)C[N+]1=C(n2nc(C)c(C)c2C)N=C2C1C(=O)N(CC(N)=O)C(=O)N2C. The fourth-order valence-corrected chi connectivity index (χ4v) is 3.34. The van der Waals surface area contributed by atoms with Crippen molar-refractivity contribution in [1.29, 1.82) is 0 Å². The first-order chi connectivity index (χ1) is 13.0. The summed E-state index contributed by atoms with van der Waals surface area (Å²) < 4.78 is 3.42. The third kappa shape index (κ3) is 2.90. The minimum Gasteiger partial charge on any atom is -0.368 e. The molecule has 4 amide bonds. The van der Waals surface area contributed by atoms with E-state index < -0.39 is 30.4 Å². The van der Waals surface area contributed by atoms with E-state index in [0.29, 0.717) is 12.5 Å². The number of hydrogen-bond donors (Lipinski definition) is 1. The molecule has 1 saturated heterocycles. The molecule has 0 radical (unpaired) electrons. The molecule has 148 valence electrons. The number of nitrogens with zero attached hydrogens (tertiary/aromatic N) is 6. The van der Waals surface area contributed by atoms with E-state index in [1.54, 1.807) is 9.26 Å². The molecule has 1 aromatic heterocycles. The molecule has 2 aliphatic rings. The van der Waals surface area contributed by atoms with Crippen molar-refractivity contribution in [2.75, 3.05) is 20.1 Å². The lowest BCUT2D eigenvalue weighted by Crippen LogP contribution is -2.64. The number of nitrogens with two attached hydrogens (primary N) is 1. The first-order valence-electron chi connectivity index (χ1n) is 8.81. The number of amidine groups is 1. The zero-order chi connectivity index (χ0) is 20.9. The molecular weight excluding hydrogens is 362 g/mol. The third-order valence-corrected chi connectivity index (χ3v) is 4.99. The van der Waals surface area contributed by atoms with Crippen LogP contribution < -0.4 is 5.73 Å². The predicted molar refractivity (Wildman–Crippen MR) is 102 cm³/mol. The van der Waals surface area contributed by atoms with Gasteiger partial charge >= 0.3 is 12.0 Å². The summed E-state index contributed by atoms with van der Waals surface area (Å²) in [5.74, 6) is -0.587. The van der Waals surface area contributed by atoms with Gasteiger partial charge in [0.1, 0.15) is 12.2 Å². The number of carbonyl (C=O) groups is 3. The van der Waals surface area contributed by atoms with E-state index >= 15 is 0 Å². The molecular formula is C18H24N7O3+. The molecule has 0 aliphatic carbocycles. The van der Waals surface area contributed by atoms with Crippen LogP contribution in [-0.4, -0.2) is 80.0 Å². The van der Waals surface area contributed by atoms with E-state index in [9.17, 15) is 14.4 Å². The molecule has 0 bridgehead atoms. The molecule has 10 heteroatoms. The Balaban J connectivity index is 2.18. The van der Waals surface area contributed by atoms with E-state index in [4.69, 9.17) is 5.73 Å². The monoisotopic (exact) mass is 386 g/mol. The van der Waals surface area contributed by atoms with Crippen molar-refractivity contribution >= 4 is 29.6 Å². The molecule has 1 fully saturated rings. The number of hydrogen-bond acceptors (Lipinski definition) is 5.